The molecule has 0 saturated carbocycles. The van der Waals surface area contributed by atoms with Gasteiger partial charge in [-0.25, -0.2) is 19.7 Å². The summed E-state index contributed by atoms with van der Waals surface area (Å²) in [5, 5.41) is 10.2. The van der Waals surface area contributed by atoms with Gasteiger partial charge in [-0.15, -0.1) is 0 Å². The highest BCUT2D eigenvalue weighted by molar-refractivity contribution is 7.22. The van der Waals surface area contributed by atoms with Crippen molar-refractivity contribution < 1.29 is 14.3 Å². The van der Waals surface area contributed by atoms with Gasteiger partial charge in [0.05, 0.1) is 27.8 Å². The normalized spacial score (nSPS) is 15.0. The molecule has 0 aliphatic carbocycles. The largest absolute Gasteiger partial charge is 0.466 e. The minimum Gasteiger partial charge on any atom is -0.466 e. The molecule has 1 aliphatic heterocycles. The van der Waals surface area contributed by atoms with E-state index in [0.29, 0.717) is 65.9 Å². The number of piperidine rings is 1. The van der Waals surface area contributed by atoms with E-state index in [1.807, 2.05) is 26.8 Å². The first kappa shape index (κ1) is 24.3. The van der Waals surface area contributed by atoms with Crippen LogP contribution in [0.1, 0.15) is 39.2 Å². The number of anilines is 2. The SMILES string of the molecule is CCOC(=O)C1(C)CCN(c2ncc(-c3cc(C#N)c4sc(N(CC)C(N)=O)nc4c3)cn2)CC1. The average Bonchev–Trinajstić information content (AvgIpc) is 3.28. The number of carbonyl (C=O) groups excluding carboxylic acids is 2. The molecule has 35 heavy (non-hydrogen) atoms. The van der Waals surface area contributed by atoms with Crippen molar-refractivity contribution in [2.45, 2.75) is 33.6 Å². The maximum absolute atomic E-state index is 12.3. The van der Waals surface area contributed by atoms with Gasteiger partial charge in [0.15, 0.2) is 5.13 Å². The summed E-state index contributed by atoms with van der Waals surface area (Å²) >= 11 is 1.26. The monoisotopic (exact) mass is 493 g/mol. The molecule has 4 rings (SSSR count). The Labute approximate surface area is 207 Å². The first-order valence-corrected chi connectivity index (χ1v) is 12.3. The summed E-state index contributed by atoms with van der Waals surface area (Å²) in [5.74, 6) is 0.444. The van der Waals surface area contributed by atoms with Crippen molar-refractivity contribution in [3.63, 3.8) is 0 Å². The van der Waals surface area contributed by atoms with E-state index in [0.717, 1.165) is 11.1 Å². The lowest BCUT2D eigenvalue weighted by atomic mass is 9.80. The van der Waals surface area contributed by atoms with Crippen molar-refractivity contribution in [1.82, 2.24) is 15.0 Å². The van der Waals surface area contributed by atoms with Gasteiger partial charge < -0.3 is 15.4 Å². The molecule has 11 heteroatoms. The fraction of sp³-hybridized carbons (Fsp3) is 0.417. The van der Waals surface area contributed by atoms with Gasteiger partial charge in [-0.05, 0) is 51.3 Å². The maximum atomic E-state index is 12.3. The van der Waals surface area contributed by atoms with Gasteiger partial charge in [0.2, 0.25) is 5.95 Å². The van der Waals surface area contributed by atoms with Crippen LogP contribution in [0, 0.1) is 16.7 Å². The Morgan fingerprint density at radius 2 is 1.91 bits per heavy atom. The summed E-state index contributed by atoms with van der Waals surface area (Å²) in [4.78, 5) is 41.0. The number of nitriles is 1. The molecule has 10 nitrogen and oxygen atoms in total. The summed E-state index contributed by atoms with van der Waals surface area (Å²) in [6, 6.07) is 5.26. The molecule has 1 aliphatic rings. The molecule has 0 bridgehead atoms. The maximum Gasteiger partial charge on any atom is 0.321 e. The van der Waals surface area contributed by atoms with Crippen molar-refractivity contribution in [1.29, 1.82) is 5.26 Å². The number of thiazole rings is 1. The van der Waals surface area contributed by atoms with Crippen LogP contribution in [0.15, 0.2) is 24.5 Å². The van der Waals surface area contributed by atoms with Crippen molar-refractivity contribution in [2.75, 3.05) is 36.0 Å². The second-order valence-corrected chi connectivity index (χ2v) is 9.58. The summed E-state index contributed by atoms with van der Waals surface area (Å²) < 4.78 is 5.93. The molecule has 0 unspecified atom stereocenters. The van der Waals surface area contributed by atoms with E-state index in [1.165, 1.54) is 16.2 Å². The number of carbonyl (C=O) groups is 2. The lowest BCUT2D eigenvalue weighted by molar-refractivity contribution is -0.155. The number of amides is 2. The molecule has 0 radical (unpaired) electrons. The highest BCUT2D eigenvalue weighted by Crippen LogP contribution is 2.36. The topological polar surface area (TPSA) is 138 Å². The molecule has 1 saturated heterocycles. The molecule has 1 fully saturated rings. The van der Waals surface area contributed by atoms with Crippen LogP contribution in [-0.2, 0) is 9.53 Å². The molecule has 0 atom stereocenters. The van der Waals surface area contributed by atoms with Crippen LogP contribution in [0.3, 0.4) is 0 Å². The number of urea groups is 1. The second-order valence-electron chi connectivity index (χ2n) is 8.60. The van der Waals surface area contributed by atoms with Crippen molar-refractivity contribution in [2.24, 2.45) is 11.1 Å². The zero-order valence-corrected chi connectivity index (χ0v) is 20.8. The van der Waals surface area contributed by atoms with E-state index in [1.54, 1.807) is 18.5 Å². The van der Waals surface area contributed by atoms with E-state index in [4.69, 9.17) is 10.5 Å². The number of primary amides is 1. The third-order valence-corrected chi connectivity index (χ3v) is 7.43. The summed E-state index contributed by atoms with van der Waals surface area (Å²) in [6.45, 7) is 7.66. The first-order chi connectivity index (χ1) is 16.8. The van der Waals surface area contributed by atoms with E-state index < -0.39 is 11.4 Å². The molecule has 182 valence electrons. The molecule has 2 amide bonds. The lowest BCUT2D eigenvalue weighted by Crippen LogP contribution is -2.44. The molecule has 3 aromatic rings. The van der Waals surface area contributed by atoms with Crippen LogP contribution in [0.2, 0.25) is 0 Å². The predicted octanol–water partition coefficient (Wildman–Crippen LogP) is 3.70. The summed E-state index contributed by atoms with van der Waals surface area (Å²) in [7, 11) is 0. The van der Waals surface area contributed by atoms with E-state index in [2.05, 4.69) is 25.9 Å². The number of hydrogen-bond acceptors (Lipinski definition) is 9. The van der Waals surface area contributed by atoms with Gasteiger partial charge in [0, 0.05) is 37.6 Å². The summed E-state index contributed by atoms with van der Waals surface area (Å²) in [6.07, 6.45) is 4.79. The molecular weight excluding hydrogens is 466 g/mol. The van der Waals surface area contributed by atoms with Gasteiger partial charge in [0.1, 0.15) is 6.07 Å². The van der Waals surface area contributed by atoms with Crippen LogP contribution in [0.5, 0.6) is 0 Å². The van der Waals surface area contributed by atoms with Crippen LogP contribution in [0.25, 0.3) is 21.3 Å². The van der Waals surface area contributed by atoms with Gasteiger partial charge in [-0.1, -0.05) is 11.3 Å². The Morgan fingerprint density at radius 1 is 1.23 bits per heavy atom. The Hall–Kier alpha value is -3.78. The number of ether oxygens (including phenoxy) is 1. The Kier molecular flexibility index (Phi) is 6.84. The third-order valence-electron chi connectivity index (χ3n) is 6.30. The molecule has 1 aromatic carbocycles. The average molecular weight is 494 g/mol. The fourth-order valence-electron chi connectivity index (χ4n) is 4.11. The van der Waals surface area contributed by atoms with Crippen LogP contribution in [0.4, 0.5) is 15.9 Å². The van der Waals surface area contributed by atoms with Gasteiger partial charge in [-0.3, -0.25) is 9.69 Å². The molecule has 3 heterocycles. The van der Waals surface area contributed by atoms with Crippen LogP contribution >= 0.6 is 11.3 Å². The smallest absolute Gasteiger partial charge is 0.321 e. The van der Waals surface area contributed by atoms with Gasteiger partial charge in [-0.2, -0.15) is 5.26 Å². The van der Waals surface area contributed by atoms with Gasteiger partial charge in [0.25, 0.3) is 0 Å². The zero-order valence-electron chi connectivity index (χ0n) is 19.9. The molecule has 2 N–H and O–H groups in total. The Bertz CT molecular complexity index is 1290. The van der Waals surface area contributed by atoms with Crippen LogP contribution in [-0.4, -0.2) is 53.2 Å². The first-order valence-electron chi connectivity index (χ1n) is 11.5. The summed E-state index contributed by atoms with van der Waals surface area (Å²) in [5.41, 5.74) is 7.55. The second kappa shape index (κ2) is 9.84. The van der Waals surface area contributed by atoms with Crippen molar-refractivity contribution >= 4 is 44.6 Å². The van der Waals surface area contributed by atoms with Gasteiger partial charge >= 0.3 is 12.0 Å². The third kappa shape index (κ3) is 4.74. The predicted molar refractivity (Wildman–Crippen MR) is 134 cm³/mol. The highest BCUT2D eigenvalue weighted by atomic mass is 32.1. The number of aromatic nitrogens is 3. The molecule has 2 aromatic heterocycles. The fourth-order valence-corrected chi connectivity index (χ4v) is 5.19. The van der Waals surface area contributed by atoms with Crippen molar-refractivity contribution in [3.8, 4) is 17.2 Å². The van der Waals surface area contributed by atoms with E-state index in [9.17, 15) is 14.9 Å². The standard InChI is InChI=1S/C24H27N7O3S/c1-4-31(21(26)33)23-29-18-11-15(10-16(12-25)19(18)35-23)17-13-27-22(28-14-17)30-8-6-24(3,7-9-30)20(32)34-5-2/h10-11,13-14H,4-9H2,1-3H3,(H2,26,33). The van der Waals surface area contributed by atoms with Crippen molar-refractivity contribution in [3.05, 3.63) is 30.1 Å². The number of esters is 1. The quantitative estimate of drug-likeness (QED) is 0.513. The Balaban J connectivity index is 1.56. The lowest BCUT2D eigenvalue weighted by Gasteiger charge is -2.37. The van der Waals surface area contributed by atoms with E-state index in [-0.39, 0.29) is 5.97 Å². The number of nitrogens with two attached hydrogens (primary N) is 1. The number of hydrogen-bond donors (Lipinski definition) is 1. The van der Waals surface area contributed by atoms with Crippen LogP contribution < -0.4 is 15.5 Å². The number of rotatable bonds is 6. The molecule has 0 spiro atoms. The number of benzene rings is 1. The number of fused-ring (bicyclic) bond motifs is 1. The zero-order chi connectivity index (χ0) is 25.2. The minimum absolute atomic E-state index is 0.150. The minimum atomic E-state index is -0.588. The number of nitrogens with zero attached hydrogens (tertiary/aromatic N) is 6. The molecular formula is C24H27N7O3S. The Morgan fingerprint density at radius 3 is 2.49 bits per heavy atom. The highest BCUT2D eigenvalue weighted by Gasteiger charge is 2.38. The van der Waals surface area contributed by atoms with E-state index >= 15 is 0 Å².